The molecule has 0 radical (unpaired) electrons. The van der Waals surface area contributed by atoms with E-state index < -0.39 is 0 Å². The average Bonchev–Trinajstić information content (AvgIpc) is 3.48. The lowest BCUT2D eigenvalue weighted by Crippen LogP contribution is -2.51. The number of rotatable bonds is 4. The molecule has 4 heterocycles. The first-order valence-corrected chi connectivity index (χ1v) is 10.6. The van der Waals surface area contributed by atoms with E-state index in [1.165, 1.54) is 0 Å². The summed E-state index contributed by atoms with van der Waals surface area (Å²) in [5.41, 5.74) is 1.40. The van der Waals surface area contributed by atoms with Gasteiger partial charge in [0, 0.05) is 31.7 Å². The molecule has 0 spiro atoms. The smallest absolute Gasteiger partial charge is 0.263 e. The molecule has 150 valence electrons. The van der Waals surface area contributed by atoms with Crippen LogP contribution in [0.4, 0.5) is 5.82 Å². The van der Waals surface area contributed by atoms with Crippen molar-refractivity contribution in [2.24, 2.45) is 5.92 Å². The summed E-state index contributed by atoms with van der Waals surface area (Å²) in [7, 11) is 0. The largest absolute Gasteiger partial charge is 0.356 e. The maximum Gasteiger partial charge on any atom is 0.263 e. The first-order chi connectivity index (χ1) is 13.7. The van der Waals surface area contributed by atoms with Crippen LogP contribution in [0.25, 0.3) is 11.1 Å². The van der Waals surface area contributed by atoms with Crippen molar-refractivity contribution in [2.75, 3.05) is 31.1 Å². The van der Waals surface area contributed by atoms with Crippen molar-refractivity contribution < 1.29 is 9.32 Å². The van der Waals surface area contributed by atoms with Crippen LogP contribution < -0.4 is 10.2 Å². The van der Waals surface area contributed by atoms with Crippen molar-refractivity contribution in [3.8, 4) is 0 Å². The van der Waals surface area contributed by atoms with Gasteiger partial charge in [0.25, 0.3) is 5.71 Å². The SMILES string of the molecule is Cc1noc2ncnc(N3CCC(N4CCC[C@H](C(=O)NC5CC5)C4)CC3)c12. The highest BCUT2D eigenvalue weighted by atomic mass is 16.5. The summed E-state index contributed by atoms with van der Waals surface area (Å²) in [5.74, 6) is 1.37. The molecule has 28 heavy (non-hydrogen) atoms. The van der Waals surface area contributed by atoms with E-state index in [0.29, 0.717) is 17.8 Å². The van der Waals surface area contributed by atoms with Gasteiger partial charge < -0.3 is 14.7 Å². The molecule has 0 aromatic carbocycles. The lowest BCUT2D eigenvalue weighted by Gasteiger charge is -2.42. The zero-order valence-corrected chi connectivity index (χ0v) is 16.4. The van der Waals surface area contributed by atoms with E-state index in [1.807, 2.05) is 6.92 Å². The van der Waals surface area contributed by atoms with E-state index >= 15 is 0 Å². The number of amides is 1. The van der Waals surface area contributed by atoms with Gasteiger partial charge in [-0.25, -0.2) is 4.98 Å². The van der Waals surface area contributed by atoms with Crippen LogP contribution >= 0.6 is 0 Å². The predicted molar refractivity (Wildman–Crippen MR) is 105 cm³/mol. The van der Waals surface area contributed by atoms with Gasteiger partial charge >= 0.3 is 0 Å². The summed E-state index contributed by atoms with van der Waals surface area (Å²) in [4.78, 5) is 26.0. The number of anilines is 1. The number of likely N-dealkylation sites (tertiary alicyclic amines) is 1. The van der Waals surface area contributed by atoms with Gasteiger partial charge in [-0.15, -0.1) is 0 Å². The molecular weight excluding hydrogens is 356 g/mol. The first kappa shape index (κ1) is 17.8. The number of fused-ring (bicyclic) bond motifs is 1. The van der Waals surface area contributed by atoms with Crippen LogP contribution in [-0.2, 0) is 4.79 Å². The Morgan fingerprint density at radius 3 is 2.75 bits per heavy atom. The lowest BCUT2D eigenvalue weighted by molar-refractivity contribution is -0.127. The Morgan fingerprint density at radius 1 is 1.14 bits per heavy atom. The zero-order valence-electron chi connectivity index (χ0n) is 16.4. The predicted octanol–water partition coefficient (Wildman–Crippen LogP) is 1.89. The van der Waals surface area contributed by atoms with E-state index in [9.17, 15) is 4.79 Å². The molecular formula is C20H28N6O2. The van der Waals surface area contributed by atoms with E-state index in [-0.39, 0.29) is 11.8 Å². The maximum atomic E-state index is 12.5. The fourth-order valence-electron chi connectivity index (χ4n) is 4.69. The Kier molecular flexibility index (Phi) is 4.66. The minimum absolute atomic E-state index is 0.161. The number of hydrogen-bond acceptors (Lipinski definition) is 7. The molecule has 1 aliphatic carbocycles. The van der Waals surface area contributed by atoms with Crippen LogP contribution in [0.15, 0.2) is 10.9 Å². The summed E-state index contributed by atoms with van der Waals surface area (Å²) in [6.07, 6.45) is 8.20. The summed E-state index contributed by atoms with van der Waals surface area (Å²) < 4.78 is 5.29. The van der Waals surface area contributed by atoms with Gasteiger partial charge in [0.1, 0.15) is 17.5 Å². The monoisotopic (exact) mass is 384 g/mol. The van der Waals surface area contributed by atoms with Crippen molar-refractivity contribution in [3.05, 3.63) is 12.0 Å². The molecule has 0 unspecified atom stereocenters. The number of aromatic nitrogens is 3. The third-order valence-corrected chi connectivity index (χ3v) is 6.45. The summed E-state index contributed by atoms with van der Waals surface area (Å²) >= 11 is 0. The summed E-state index contributed by atoms with van der Waals surface area (Å²) in [5, 5.41) is 8.16. The van der Waals surface area contributed by atoms with Gasteiger partial charge in [-0.2, -0.15) is 4.98 Å². The van der Waals surface area contributed by atoms with Crippen molar-refractivity contribution in [3.63, 3.8) is 0 Å². The van der Waals surface area contributed by atoms with Crippen molar-refractivity contribution in [2.45, 2.75) is 57.5 Å². The number of hydrogen-bond donors (Lipinski definition) is 1. The van der Waals surface area contributed by atoms with Gasteiger partial charge in [-0.05, 0) is 52.0 Å². The van der Waals surface area contributed by atoms with Crippen molar-refractivity contribution >= 4 is 22.8 Å². The number of piperidine rings is 2. The van der Waals surface area contributed by atoms with Crippen molar-refractivity contribution in [1.82, 2.24) is 25.3 Å². The third kappa shape index (κ3) is 3.45. The van der Waals surface area contributed by atoms with Gasteiger partial charge in [-0.3, -0.25) is 9.69 Å². The second-order valence-electron chi connectivity index (χ2n) is 8.48. The number of aryl methyl sites for hydroxylation is 1. The van der Waals surface area contributed by atoms with Crippen LogP contribution in [0.5, 0.6) is 0 Å². The Labute approximate surface area is 164 Å². The van der Waals surface area contributed by atoms with E-state index in [1.54, 1.807) is 6.33 Å². The minimum atomic E-state index is 0.161. The number of nitrogens with one attached hydrogen (secondary N) is 1. The summed E-state index contributed by atoms with van der Waals surface area (Å²) in [6, 6.07) is 1.00. The maximum absolute atomic E-state index is 12.5. The number of carbonyl (C=O) groups excluding carboxylic acids is 1. The quantitative estimate of drug-likeness (QED) is 0.861. The van der Waals surface area contributed by atoms with Crippen LogP contribution in [0.2, 0.25) is 0 Å². The fraction of sp³-hybridized carbons (Fsp3) is 0.700. The Hall–Kier alpha value is -2.22. The third-order valence-electron chi connectivity index (χ3n) is 6.45. The molecule has 1 N–H and O–H groups in total. The molecule has 3 aliphatic rings. The van der Waals surface area contributed by atoms with Crippen LogP contribution in [0.1, 0.15) is 44.2 Å². The first-order valence-electron chi connectivity index (χ1n) is 10.6. The Bertz CT molecular complexity index is 855. The highest BCUT2D eigenvalue weighted by Crippen LogP contribution is 2.30. The molecule has 0 bridgehead atoms. The number of nitrogens with zero attached hydrogens (tertiary/aromatic N) is 5. The highest BCUT2D eigenvalue weighted by Gasteiger charge is 2.34. The fourth-order valence-corrected chi connectivity index (χ4v) is 4.69. The molecule has 8 nitrogen and oxygen atoms in total. The molecule has 1 saturated carbocycles. The normalized spacial score (nSPS) is 24.6. The van der Waals surface area contributed by atoms with Gasteiger partial charge in [0.2, 0.25) is 5.91 Å². The molecule has 3 fully saturated rings. The molecule has 2 saturated heterocycles. The molecule has 2 aliphatic heterocycles. The minimum Gasteiger partial charge on any atom is -0.356 e. The molecule has 2 aromatic heterocycles. The molecule has 8 heteroatoms. The lowest BCUT2D eigenvalue weighted by atomic mass is 9.93. The van der Waals surface area contributed by atoms with Crippen molar-refractivity contribution in [1.29, 1.82) is 0 Å². The Morgan fingerprint density at radius 2 is 1.96 bits per heavy atom. The van der Waals surface area contributed by atoms with Crippen LogP contribution in [0.3, 0.4) is 0 Å². The number of carbonyl (C=O) groups is 1. The Balaban J connectivity index is 1.22. The molecule has 5 rings (SSSR count). The topological polar surface area (TPSA) is 87.4 Å². The standard InChI is InChI=1S/C20H28N6O2/c1-13-17-18(21-12-22-20(17)28-24-13)25-9-6-16(7-10-25)26-8-2-3-14(11-26)19(27)23-15-4-5-15/h12,14-16H,2-11H2,1H3,(H,23,27)/t14-/m0/s1. The van der Waals surface area contributed by atoms with Crippen LogP contribution in [0, 0.1) is 12.8 Å². The molecule has 1 amide bonds. The summed E-state index contributed by atoms with van der Waals surface area (Å²) in [6.45, 7) is 5.87. The molecule has 1 atom stereocenters. The van der Waals surface area contributed by atoms with E-state index in [2.05, 4.69) is 30.2 Å². The van der Waals surface area contributed by atoms with Gasteiger partial charge in [0.15, 0.2) is 0 Å². The highest BCUT2D eigenvalue weighted by molar-refractivity contribution is 5.87. The van der Waals surface area contributed by atoms with E-state index in [4.69, 9.17) is 4.52 Å². The second-order valence-corrected chi connectivity index (χ2v) is 8.48. The van der Waals surface area contributed by atoms with Gasteiger partial charge in [0.05, 0.1) is 11.6 Å². The second kappa shape index (κ2) is 7.31. The average molecular weight is 384 g/mol. The zero-order chi connectivity index (χ0) is 19.1. The van der Waals surface area contributed by atoms with Gasteiger partial charge in [-0.1, -0.05) is 5.16 Å². The van der Waals surface area contributed by atoms with E-state index in [0.717, 1.165) is 81.6 Å². The molecule has 2 aromatic rings. The van der Waals surface area contributed by atoms with Crippen LogP contribution in [-0.4, -0.2) is 64.2 Å².